The lowest BCUT2D eigenvalue weighted by Crippen LogP contribution is -2.30. The molecule has 1 atom stereocenters. The van der Waals surface area contributed by atoms with Crippen LogP contribution in [0.15, 0.2) is 24.3 Å². The summed E-state index contributed by atoms with van der Waals surface area (Å²) in [6.45, 7) is 1.98. The fourth-order valence-corrected chi connectivity index (χ4v) is 2.95. The molecule has 1 N–H and O–H groups in total. The smallest absolute Gasteiger partial charge is 0.0896 e. The first kappa shape index (κ1) is 10.9. The molecule has 1 saturated carbocycles. The van der Waals surface area contributed by atoms with Gasteiger partial charge in [0, 0.05) is 10.2 Å². The molecule has 2 heteroatoms. The van der Waals surface area contributed by atoms with E-state index in [-0.39, 0.29) is 0 Å². The van der Waals surface area contributed by atoms with E-state index < -0.39 is 5.60 Å². The lowest BCUT2D eigenvalue weighted by Gasteiger charge is -2.30. The van der Waals surface area contributed by atoms with E-state index in [9.17, 15) is 5.11 Å². The van der Waals surface area contributed by atoms with E-state index in [1.807, 2.05) is 6.92 Å². The Labute approximate surface area is 94.9 Å². The van der Waals surface area contributed by atoms with E-state index in [4.69, 9.17) is 0 Å². The molecule has 15 heavy (non-hydrogen) atoms. The summed E-state index contributed by atoms with van der Waals surface area (Å²) in [5.41, 5.74) is 0.472. The molecule has 1 fully saturated rings. The van der Waals surface area contributed by atoms with Gasteiger partial charge in [0.2, 0.25) is 0 Å². The Bertz CT molecular complexity index is 323. The standard InChI is InChI=1S/C13H20OSi/c1-13(14,10-4-2-3-5-10)11-6-8-12(15)9-7-11/h6-10,14H,2-5H2,1,15H3. The second-order valence-corrected chi connectivity index (χ2v) is 6.15. The van der Waals surface area contributed by atoms with Gasteiger partial charge >= 0.3 is 0 Å². The average molecular weight is 220 g/mol. The van der Waals surface area contributed by atoms with E-state index in [2.05, 4.69) is 24.3 Å². The number of benzene rings is 1. The van der Waals surface area contributed by atoms with Gasteiger partial charge in [0.1, 0.15) is 0 Å². The van der Waals surface area contributed by atoms with E-state index in [1.54, 1.807) is 0 Å². The van der Waals surface area contributed by atoms with Crippen molar-refractivity contribution < 1.29 is 5.11 Å². The summed E-state index contributed by atoms with van der Waals surface area (Å²) < 4.78 is 0. The molecule has 0 bridgehead atoms. The molecule has 1 unspecified atom stereocenters. The summed E-state index contributed by atoms with van der Waals surface area (Å²) >= 11 is 0. The maximum atomic E-state index is 10.6. The second-order valence-electron chi connectivity index (χ2n) is 4.99. The molecule has 0 heterocycles. The Morgan fingerprint density at radius 1 is 1.20 bits per heavy atom. The highest BCUT2D eigenvalue weighted by molar-refractivity contribution is 6.32. The largest absolute Gasteiger partial charge is 0.385 e. The van der Waals surface area contributed by atoms with Crippen molar-refractivity contribution >= 4 is 15.4 Å². The fourth-order valence-electron chi connectivity index (χ4n) is 2.61. The molecule has 1 aliphatic carbocycles. The molecule has 1 aromatic rings. The average Bonchev–Trinajstić information content (AvgIpc) is 2.71. The highest BCUT2D eigenvalue weighted by atomic mass is 28.1. The van der Waals surface area contributed by atoms with Gasteiger partial charge in [0.05, 0.1) is 5.60 Å². The monoisotopic (exact) mass is 220 g/mol. The van der Waals surface area contributed by atoms with E-state index in [0.717, 1.165) is 15.8 Å². The fraction of sp³-hybridized carbons (Fsp3) is 0.538. The first-order chi connectivity index (χ1) is 7.10. The molecule has 0 spiro atoms. The van der Waals surface area contributed by atoms with Crippen molar-refractivity contribution in [1.82, 2.24) is 0 Å². The van der Waals surface area contributed by atoms with Crippen LogP contribution in [-0.4, -0.2) is 15.3 Å². The highest BCUT2D eigenvalue weighted by Crippen LogP contribution is 2.39. The van der Waals surface area contributed by atoms with Gasteiger partial charge in [-0.05, 0) is 31.2 Å². The van der Waals surface area contributed by atoms with Crippen LogP contribution in [-0.2, 0) is 5.60 Å². The molecular formula is C13H20OSi. The summed E-state index contributed by atoms with van der Waals surface area (Å²) in [6.07, 6.45) is 4.91. The van der Waals surface area contributed by atoms with Gasteiger partial charge in [-0.15, -0.1) is 0 Å². The summed E-state index contributed by atoms with van der Waals surface area (Å²) in [5, 5.41) is 12.0. The summed E-state index contributed by atoms with van der Waals surface area (Å²) in [5.74, 6) is 0.456. The van der Waals surface area contributed by atoms with Gasteiger partial charge in [-0.2, -0.15) is 0 Å². The first-order valence-corrected chi connectivity index (χ1v) is 6.90. The van der Waals surface area contributed by atoms with Crippen molar-refractivity contribution in [2.24, 2.45) is 5.92 Å². The lowest BCUT2D eigenvalue weighted by molar-refractivity contribution is -0.00330. The number of rotatable bonds is 2. The number of hydrogen-bond acceptors (Lipinski definition) is 1. The maximum Gasteiger partial charge on any atom is 0.0896 e. The predicted octanol–water partition coefficient (Wildman–Crippen LogP) is 1.07. The van der Waals surface area contributed by atoms with E-state index >= 15 is 0 Å². The topological polar surface area (TPSA) is 20.2 Å². The minimum atomic E-state index is -0.619. The summed E-state index contributed by atoms with van der Waals surface area (Å²) in [4.78, 5) is 0. The molecule has 1 aliphatic rings. The maximum absolute atomic E-state index is 10.6. The zero-order valence-electron chi connectivity index (χ0n) is 9.66. The van der Waals surface area contributed by atoms with Crippen molar-refractivity contribution in [3.63, 3.8) is 0 Å². The van der Waals surface area contributed by atoms with Crippen molar-refractivity contribution in [1.29, 1.82) is 0 Å². The van der Waals surface area contributed by atoms with Gasteiger partial charge in [-0.25, -0.2) is 0 Å². The second kappa shape index (κ2) is 4.10. The van der Waals surface area contributed by atoms with Gasteiger partial charge in [0.15, 0.2) is 0 Å². The third kappa shape index (κ3) is 2.16. The van der Waals surface area contributed by atoms with Crippen LogP contribution >= 0.6 is 0 Å². The van der Waals surface area contributed by atoms with Crippen LogP contribution in [0.25, 0.3) is 0 Å². The van der Waals surface area contributed by atoms with Crippen LogP contribution in [0.5, 0.6) is 0 Å². The SMILES string of the molecule is CC(O)(c1ccc([SiH3])cc1)C1CCCC1. The zero-order valence-corrected chi connectivity index (χ0v) is 11.7. The van der Waals surface area contributed by atoms with Crippen LogP contribution in [0.4, 0.5) is 0 Å². The van der Waals surface area contributed by atoms with Crippen molar-refractivity contribution in [3.05, 3.63) is 29.8 Å². The Hall–Kier alpha value is -0.603. The molecule has 0 aliphatic heterocycles. The van der Waals surface area contributed by atoms with Crippen LogP contribution in [0, 0.1) is 5.92 Å². The van der Waals surface area contributed by atoms with Crippen LogP contribution < -0.4 is 5.19 Å². The molecule has 1 aromatic carbocycles. The molecule has 0 saturated heterocycles. The van der Waals surface area contributed by atoms with Gasteiger partial charge < -0.3 is 5.11 Å². The normalized spacial score (nSPS) is 21.7. The van der Waals surface area contributed by atoms with Crippen molar-refractivity contribution in [2.45, 2.75) is 38.2 Å². The number of hydrogen-bond donors (Lipinski definition) is 1. The predicted molar refractivity (Wildman–Crippen MR) is 67.5 cm³/mol. The highest BCUT2D eigenvalue weighted by Gasteiger charge is 2.35. The molecule has 0 aromatic heterocycles. The third-order valence-corrected chi connectivity index (χ3v) is 4.45. The van der Waals surface area contributed by atoms with Crippen LogP contribution in [0.2, 0.25) is 0 Å². The van der Waals surface area contributed by atoms with Crippen molar-refractivity contribution in [3.8, 4) is 0 Å². The van der Waals surface area contributed by atoms with Gasteiger partial charge in [0.25, 0.3) is 0 Å². The Morgan fingerprint density at radius 2 is 1.73 bits per heavy atom. The molecule has 0 amide bonds. The molecule has 0 radical (unpaired) electrons. The first-order valence-electron chi connectivity index (χ1n) is 5.90. The molecule has 1 nitrogen and oxygen atoms in total. The van der Waals surface area contributed by atoms with Crippen LogP contribution in [0.1, 0.15) is 38.2 Å². The zero-order chi connectivity index (χ0) is 10.9. The number of aliphatic hydroxyl groups is 1. The minimum absolute atomic E-state index is 0.456. The summed E-state index contributed by atoms with van der Waals surface area (Å²) in [7, 11) is 1.09. The van der Waals surface area contributed by atoms with Gasteiger partial charge in [-0.3, -0.25) is 0 Å². The van der Waals surface area contributed by atoms with Crippen LogP contribution in [0.3, 0.4) is 0 Å². The minimum Gasteiger partial charge on any atom is -0.385 e. The van der Waals surface area contributed by atoms with Gasteiger partial charge in [-0.1, -0.05) is 42.3 Å². The third-order valence-electron chi connectivity index (χ3n) is 3.79. The lowest BCUT2D eigenvalue weighted by atomic mass is 9.82. The summed E-state index contributed by atoms with van der Waals surface area (Å²) in [6, 6.07) is 8.48. The Morgan fingerprint density at radius 3 is 2.27 bits per heavy atom. The Kier molecular flexibility index (Phi) is 2.98. The van der Waals surface area contributed by atoms with Crippen molar-refractivity contribution in [2.75, 3.05) is 0 Å². The Balaban J connectivity index is 2.23. The molecule has 82 valence electrons. The van der Waals surface area contributed by atoms with E-state index in [1.165, 1.54) is 30.9 Å². The molecular weight excluding hydrogens is 200 g/mol. The quantitative estimate of drug-likeness (QED) is 0.739. The molecule has 2 rings (SSSR count). The van der Waals surface area contributed by atoms with E-state index in [0.29, 0.717) is 5.92 Å².